The fraction of sp³-hybridized carbons (Fsp3) is 1.00. The highest BCUT2D eigenvalue weighted by Gasteiger charge is 2.31. The third-order valence-corrected chi connectivity index (χ3v) is 3.53. The molecule has 0 aromatic rings. The Labute approximate surface area is 113 Å². The molecule has 0 heterocycles. The van der Waals surface area contributed by atoms with Gasteiger partial charge in [0.1, 0.15) is 0 Å². The van der Waals surface area contributed by atoms with Crippen molar-refractivity contribution in [1.82, 2.24) is 5.32 Å². The Bertz CT molecular complexity index is 203. The smallest absolute Gasteiger partial charge is 0.0623 e. The van der Waals surface area contributed by atoms with Crippen LogP contribution in [0.1, 0.15) is 53.4 Å². The summed E-state index contributed by atoms with van der Waals surface area (Å²) in [5.41, 5.74) is 0. The van der Waals surface area contributed by atoms with Crippen molar-refractivity contribution < 1.29 is 9.47 Å². The van der Waals surface area contributed by atoms with E-state index in [1.165, 1.54) is 25.7 Å². The van der Waals surface area contributed by atoms with E-state index >= 15 is 0 Å². The highest BCUT2D eigenvalue weighted by atomic mass is 16.5. The minimum Gasteiger partial charge on any atom is -0.378 e. The summed E-state index contributed by atoms with van der Waals surface area (Å²) in [6.45, 7) is 11.3. The van der Waals surface area contributed by atoms with Crippen LogP contribution in [0.4, 0.5) is 0 Å². The van der Waals surface area contributed by atoms with Crippen molar-refractivity contribution in [2.45, 2.75) is 71.6 Å². The SMILES string of the molecule is CCCNC(COC(C)C)CC1CC(OCC)C1. The molecule has 1 rings (SSSR count). The first-order valence-corrected chi connectivity index (χ1v) is 7.62. The second-order valence-electron chi connectivity index (χ2n) is 5.68. The van der Waals surface area contributed by atoms with Crippen LogP contribution in [0.3, 0.4) is 0 Å². The molecule has 3 heteroatoms. The van der Waals surface area contributed by atoms with E-state index in [2.05, 4.69) is 33.0 Å². The summed E-state index contributed by atoms with van der Waals surface area (Å²) in [6, 6.07) is 0.514. The molecule has 1 atom stereocenters. The zero-order chi connectivity index (χ0) is 13.4. The van der Waals surface area contributed by atoms with Gasteiger partial charge in [-0.25, -0.2) is 0 Å². The van der Waals surface area contributed by atoms with Crippen molar-refractivity contribution in [3.63, 3.8) is 0 Å². The van der Waals surface area contributed by atoms with Crippen LogP contribution in [-0.2, 0) is 9.47 Å². The van der Waals surface area contributed by atoms with E-state index < -0.39 is 0 Å². The first-order valence-electron chi connectivity index (χ1n) is 7.62. The molecule has 0 saturated heterocycles. The predicted molar refractivity (Wildman–Crippen MR) is 75.9 cm³/mol. The first kappa shape index (κ1) is 15.9. The van der Waals surface area contributed by atoms with Crippen molar-refractivity contribution in [3.05, 3.63) is 0 Å². The number of nitrogens with one attached hydrogen (secondary N) is 1. The second-order valence-corrected chi connectivity index (χ2v) is 5.68. The first-order chi connectivity index (χ1) is 8.65. The maximum Gasteiger partial charge on any atom is 0.0623 e. The van der Waals surface area contributed by atoms with E-state index in [1.807, 2.05) is 0 Å². The highest BCUT2D eigenvalue weighted by Crippen LogP contribution is 2.33. The minimum absolute atomic E-state index is 0.327. The van der Waals surface area contributed by atoms with Crippen LogP contribution in [-0.4, -0.2) is 38.0 Å². The van der Waals surface area contributed by atoms with E-state index in [0.717, 1.165) is 25.7 Å². The standard InChI is InChI=1S/C15H31NO2/c1-5-7-16-14(11-18-12(3)4)8-13-9-15(10-13)17-6-2/h12-16H,5-11H2,1-4H3. The molecule has 18 heavy (non-hydrogen) atoms. The lowest BCUT2D eigenvalue weighted by atomic mass is 9.78. The van der Waals surface area contributed by atoms with E-state index in [0.29, 0.717) is 18.2 Å². The van der Waals surface area contributed by atoms with Gasteiger partial charge in [-0.3, -0.25) is 0 Å². The average Bonchev–Trinajstić information content (AvgIpc) is 2.29. The Morgan fingerprint density at radius 3 is 2.50 bits per heavy atom. The van der Waals surface area contributed by atoms with Crippen LogP contribution < -0.4 is 5.32 Å². The van der Waals surface area contributed by atoms with Gasteiger partial charge >= 0.3 is 0 Å². The van der Waals surface area contributed by atoms with E-state index in [4.69, 9.17) is 9.47 Å². The van der Waals surface area contributed by atoms with Gasteiger partial charge in [0.05, 0.1) is 18.8 Å². The van der Waals surface area contributed by atoms with Gasteiger partial charge in [0, 0.05) is 12.6 Å². The van der Waals surface area contributed by atoms with Crippen molar-refractivity contribution >= 4 is 0 Å². The maximum absolute atomic E-state index is 5.75. The molecule has 108 valence electrons. The third-order valence-electron chi connectivity index (χ3n) is 3.53. The summed E-state index contributed by atoms with van der Waals surface area (Å²) >= 11 is 0. The van der Waals surface area contributed by atoms with Crippen LogP contribution in [0.25, 0.3) is 0 Å². The molecule has 0 amide bonds. The predicted octanol–water partition coefficient (Wildman–Crippen LogP) is 2.98. The Balaban J connectivity index is 2.19. The van der Waals surface area contributed by atoms with Gasteiger partial charge < -0.3 is 14.8 Å². The normalized spacial score (nSPS) is 25.2. The topological polar surface area (TPSA) is 30.5 Å². The minimum atomic E-state index is 0.327. The van der Waals surface area contributed by atoms with Crippen LogP contribution in [0, 0.1) is 5.92 Å². The Hall–Kier alpha value is -0.120. The monoisotopic (exact) mass is 257 g/mol. The molecular weight excluding hydrogens is 226 g/mol. The van der Waals surface area contributed by atoms with Crippen molar-refractivity contribution in [3.8, 4) is 0 Å². The van der Waals surface area contributed by atoms with Crippen molar-refractivity contribution in [2.75, 3.05) is 19.8 Å². The summed E-state index contributed by atoms with van der Waals surface area (Å²) in [4.78, 5) is 0. The lowest BCUT2D eigenvalue weighted by Crippen LogP contribution is -2.41. The molecule has 0 radical (unpaired) electrons. The fourth-order valence-corrected chi connectivity index (χ4v) is 2.51. The number of hydrogen-bond donors (Lipinski definition) is 1. The van der Waals surface area contributed by atoms with Crippen LogP contribution in [0.15, 0.2) is 0 Å². The molecule has 1 unspecified atom stereocenters. The summed E-state index contributed by atoms with van der Waals surface area (Å²) in [7, 11) is 0. The van der Waals surface area contributed by atoms with Gasteiger partial charge in [-0.15, -0.1) is 0 Å². The number of ether oxygens (including phenoxy) is 2. The van der Waals surface area contributed by atoms with E-state index in [1.54, 1.807) is 0 Å². The zero-order valence-corrected chi connectivity index (χ0v) is 12.6. The molecule has 0 aromatic heterocycles. The molecule has 1 fully saturated rings. The summed E-state index contributed by atoms with van der Waals surface area (Å²) in [5.74, 6) is 0.826. The highest BCUT2D eigenvalue weighted by molar-refractivity contribution is 4.84. The molecule has 0 aromatic carbocycles. The van der Waals surface area contributed by atoms with Crippen LogP contribution in [0.5, 0.6) is 0 Å². The molecule has 0 spiro atoms. The molecule has 0 aliphatic heterocycles. The van der Waals surface area contributed by atoms with Crippen molar-refractivity contribution in [2.24, 2.45) is 5.92 Å². The van der Waals surface area contributed by atoms with Crippen LogP contribution in [0.2, 0.25) is 0 Å². The molecule has 0 bridgehead atoms. The third kappa shape index (κ3) is 6.17. The summed E-state index contributed by atoms with van der Waals surface area (Å²) < 4.78 is 11.4. The largest absolute Gasteiger partial charge is 0.378 e. The van der Waals surface area contributed by atoms with E-state index in [9.17, 15) is 0 Å². The number of rotatable bonds is 10. The molecule has 1 saturated carbocycles. The fourth-order valence-electron chi connectivity index (χ4n) is 2.51. The zero-order valence-electron chi connectivity index (χ0n) is 12.6. The molecule has 1 N–H and O–H groups in total. The Morgan fingerprint density at radius 1 is 1.22 bits per heavy atom. The molecule has 3 nitrogen and oxygen atoms in total. The van der Waals surface area contributed by atoms with Gasteiger partial charge in [-0.05, 0) is 58.9 Å². The van der Waals surface area contributed by atoms with Gasteiger partial charge in [0.25, 0.3) is 0 Å². The quantitative estimate of drug-likeness (QED) is 0.652. The second kappa shape index (κ2) is 8.89. The lowest BCUT2D eigenvalue weighted by molar-refractivity contribution is -0.0337. The van der Waals surface area contributed by atoms with Crippen LogP contribution >= 0.6 is 0 Å². The van der Waals surface area contributed by atoms with Gasteiger partial charge in [-0.2, -0.15) is 0 Å². The van der Waals surface area contributed by atoms with E-state index in [-0.39, 0.29) is 0 Å². The summed E-state index contributed by atoms with van der Waals surface area (Å²) in [5, 5.41) is 3.60. The number of hydrogen-bond acceptors (Lipinski definition) is 3. The molecule has 1 aliphatic rings. The van der Waals surface area contributed by atoms with Crippen molar-refractivity contribution in [1.29, 1.82) is 0 Å². The lowest BCUT2D eigenvalue weighted by Gasteiger charge is -2.37. The van der Waals surface area contributed by atoms with Gasteiger partial charge in [0.15, 0.2) is 0 Å². The molecule has 1 aliphatic carbocycles. The Morgan fingerprint density at radius 2 is 1.94 bits per heavy atom. The van der Waals surface area contributed by atoms with Gasteiger partial charge in [-0.1, -0.05) is 6.92 Å². The average molecular weight is 257 g/mol. The Kier molecular flexibility index (Phi) is 7.87. The molecular formula is C15H31NO2. The maximum atomic E-state index is 5.75. The van der Waals surface area contributed by atoms with Gasteiger partial charge in [0.2, 0.25) is 0 Å². The summed E-state index contributed by atoms with van der Waals surface area (Å²) in [6.07, 6.45) is 5.74.